The minimum Gasteiger partial charge on any atom is -0.352 e. The van der Waals surface area contributed by atoms with E-state index < -0.39 is 18.0 Å². The molecule has 37 heavy (non-hydrogen) atoms. The van der Waals surface area contributed by atoms with Gasteiger partial charge in [-0.25, -0.2) is 15.0 Å². The third-order valence-corrected chi connectivity index (χ3v) is 7.63. The molecule has 11 nitrogen and oxygen atoms in total. The number of hydrogen-bond acceptors (Lipinski definition) is 9. The van der Waals surface area contributed by atoms with Crippen LogP contribution in [0.15, 0.2) is 37.1 Å². The maximum atomic E-state index is 14.7. The van der Waals surface area contributed by atoms with Crippen molar-refractivity contribution in [3.05, 3.63) is 48.2 Å². The average Bonchev–Trinajstić information content (AvgIpc) is 3.55. The zero-order valence-corrected chi connectivity index (χ0v) is 20.1. The number of piperazine rings is 1. The van der Waals surface area contributed by atoms with Gasteiger partial charge in [-0.2, -0.15) is 24.2 Å². The Morgan fingerprint density at radius 2 is 1.89 bits per heavy atom. The molecule has 3 aliphatic rings. The molecule has 1 amide bonds. The van der Waals surface area contributed by atoms with Crippen LogP contribution in [0.2, 0.25) is 0 Å². The number of rotatable bonds is 4. The van der Waals surface area contributed by atoms with Crippen LogP contribution >= 0.6 is 0 Å². The SMILES string of the molecule is CC1CN(c2ncnc3c2C2(CCC2)CN3c2cc(C#N)ccn2)CCN1C(=O)C(F)(F)n1nccn1. The summed E-state index contributed by atoms with van der Waals surface area (Å²) in [5, 5.41) is 16.3. The molecule has 13 heteroatoms. The number of hydrogen-bond donors (Lipinski definition) is 0. The number of carbonyl (C=O) groups is 1. The molecule has 190 valence electrons. The van der Waals surface area contributed by atoms with Gasteiger partial charge in [0, 0.05) is 49.4 Å². The molecule has 1 unspecified atom stereocenters. The lowest BCUT2D eigenvalue weighted by Gasteiger charge is -2.44. The van der Waals surface area contributed by atoms with Crippen LogP contribution in [0.25, 0.3) is 0 Å². The first-order valence-corrected chi connectivity index (χ1v) is 12.1. The number of nitrogens with zero attached hydrogens (tertiary/aromatic N) is 10. The van der Waals surface area contributed by atoms with Gasteiger partial charge in [0.05, 0.1) is 24.0 Å². The molecule has 6 rings (SSSR count). The van der Waals surface area contributed by atoms with Crippen LogP contribution in [0, 0.1) is 11.3 Å². The summed E-state index contributed by atoms with van der Waals surface area (Å²) < 4.78 is 29.5. The Kier molecular flexibility index (Phi) is 5.29. The third kappa shape index (κ3) is 3.58. The van der Waals surface area contributed by atoms with Crippen molar-refractivity contribution in [3.63, 3.8) is 0 Å². The highest BCUT2D eigenvalue weighted by Gasteiger charge is 2.52. The van der Waals surface area contributed by atoms with E-state index in [0.29, 0.717) is 31.0 Å². The monoisotopic (exact) mass is 506 g/mol. The fraction of sp³-hybridized carbons (Fsp3) is 0.458. The fourth-order valence-electron chi connectivity index (χ4n) is 5.65. The number of aromatic nitrogens is 6. The van der Waals surface area contributed by atoms with E-state index in [4.69, 9.17) is 0 Å². The van der Waals surface area contributed by atoms with Gasteiger partial charge in [0.15, 0.2) is 0 Å². The van der Waals surface area contributed by atoms with Crippen LogP contribution in [-0.2, 0) is 16.3 Å². The summed E-state index contributed by atoms with van der Waals surface area (Å²) in [5.41, 5.74) is 1.42. The fourth-order valence-corrected chi connectivity index (χ4v) is 5.65. The minimum atomic E-state index is -3.86. The zero-order valence-electron chi connectivity index (χ0n) is 20.1. The molecule has 0 N–H and O–H groups in total. The second-order valence-electron chi connectivity index (χ2n) is 9.78. The number of carbonyl (C=O) groups excluding carboxylic acids is 1. The number of halogens is 2. The molecule has 1 saturated heterocycles. The molecule has 0 aromatic carbocycles. The standard InChI is InChI=1S/C24H24F2N10O/c1-16-13-33(9-10-34(16)22(37)24(25,26)36-31-7-8-32-36)20-19-21(30-15-29-20)35(14-23(19)4-2-5-23)18-11-17(12-27)3-6-28-18/h3,6-8,11,15-16H,2,4-5,9-10,13-14H2,1H3. The first-order chi connectivity index (χ1) is 17.8. The summed E-state index contributed by atoms with van der Waals surface area (Å²) in [6.07, 6.45) is 8.40. The molecule has 0 bridgehead atoms. The quantitative estimate of drug-likeness (QED) is 0.524. The lowest BCUT2D eigenvalue weighted by atomic mass is 9.66. The molecule has 1 aliphatic carbocycles. The molecule has 1 saturated carbocycles. The van der Waals surface area contributed by atoms with Gasteiger partial charge in [0.2, 0.25) is 0 Å². The third-order valence-electron chi connectivity index (χ3n) is 7.63. The predicted molar refractivity (Wildman–Crippen MR) is 127 cm³/mol. The molecule has 2 fully saturated rings. The van der Waals surface area contributed by atoms with Crippen LogP contribution in [0.5, 0.6) is 0 Å². The van der Waals surface area contributed by atoms with Crippen molar-refractivity contribution < 1.29 is 13.6 Å². The van der Waals surface area contributed by atoms with Gasteiger partial charge in [0.25, 0.3) is 0 Å². The maximum Gasteiger partial charge on any atom is 0.438 e. The minimum absolute atomic E-state index is 0.109. The molecule has 0 radical (unpaired) electrons. The second kappa shape index (κ2) is 8.43. The zero-order chi connectivity index (χ0) is 25.8. The van der Waals surface area contributed by atoms with Crippen LogP contribution < -0.4 is 9.80 Å². The number of nitriles is 1. The smallest absolute Gasteiger partial charge is 0.352 e. The summed E-state index contributed by atoms with van der Waals surface area (Å²) >= 11 is 0. The highest BCUT2D eigenvalue weighted by molar-refractivity contribution is 5.82. The Bertz CT molecular complexity index is 1380. The summed E-state index contributed by atoms with van der Waals surface area (Å²) in [5.74, 6) is 0.860. The number of alkyl halides is 2. The first kappa shape index (κ1) is 23.2. The van der Waals surface area contributed by atoms with Gasteiger partial charge >= 0.3 is 12.0 Å². The van der Waals surface area contributed by atoms with Gasteiger partial charge < -0.3 is 14.7 Å². The van der Waals surface area contributed by atoms with Gasteiger partial charge in [-0.3, -0.25) is 4.79 Å². The van der Waals surface area contributed by atoms with Crippen molar-refractivity contribution in [2.24, 2.45) is 0 Å². The molecule has 1 spiro atoms. The van der Waals surface area contributed by atoms with Crippen molar-refractivity contribution in [2.75, 3.05) is 36.0 Å². The van der Waals surface area contributed by atoms with Crippen LogP contribution in [0.3, 0.4) is 0 Å². The summed E-state index contributed by atoms with van der Waals surface area (Å²) in [4.78, 5) is 32.0. The maximum absolute atomic E-state index is 14.7. The first-order valence-electron chi connectivity index (χ1n) is 12.1. The van der Waals surface area contributed by atoms with E-state index in [2.05, 4.69) is 36.1 Å². The Morgan fingerprint density at radius 1 is 1.14 bits per heavy atom. The highest BCUT2D eigenvalue weighted by Crippen LogP contribution is 2.56. The summed E-state index contributed by atoms with van der Waals surface area (Å²) in [7, 11) is 0. The van der Waals surface area contributed by atoms with Gasteiger partial charge in [-0.1, -0.05) is 6.42 Å². The average molecular weight is 507 g/mol. The molecule has 2 aliphatic heterocycles. The largest absolute Gasteiger partial charge is 0.438 e. The van der Waals surface area contributed by atoms with E-state index in [0.717, 1.165) is 48.9 Å². The number of amides is 1. The lowest BCUT2D eigenvalue weighted by Crippen LogP contribution is -2.58. The molecule has 5 heterocycles. The van der Waals surface area contributed by atoms with Crippen LogP contribution in [0.1, 0.15) is 37.3 Å². The lowest BCUT2D eigenvalue weighted by molar-refractivity contribution is -0.181. The molecule has 3 aromatic heterocycles. The number of fused-ring (bicyclic) bond motifs is 2. The normalized spacial score (nSPS) is 20.5. The van der Waals surface area contributed by atoms with Crippen molar-refractivity contribution in [3.8, 4) is 6.07 Å². The summed E-state index contributed by atoms with van der Waals surface area (Å²) in [6, 6.07) is 1.23. The summed E-state index contributed by atoms with van der Waals surface area (Å²) in [6.45, 7) is 3.24. The Hall–Kier alpha value is -4.21. The topological polar surface area (TPSA) is 120 Å². The number of pyridine rings is 1. The number of anilines is 3. The van der Waals surface area contributed by atoms with Gasteiger partial charge in [-0.15, -0.1) is 4.80 Å². The Balaban J connectivity index is 1.29. The van der Waals surface area contributed by atoms with Gasteiger partial charge in [-0.05, 0) is 31.9 Å². The van der Waals surface area contributed by atoms with E-state index in [1.807, 2.05) is 4.90 Å². The van der Waals surface area contributed by atoms with Crippen LogP contribution in [0.4, 0.5) is 26.2 Å². The van der Waals surface area contributed by atoms with E-state index in [-0.39, 0.29) is 16.8 Å². The molecular formula is C24H24F2N10O. The van der Waals surface area contributed by atoms with Crippen molar-refractivity contribution in [1.82, 2.24) is 34.8 Å². The van der Waals surface area contributed by atoms with E-state index in [1.54, 1.807) is 25.3 Å². The Labute approximate surface area is 211 Å². The predicted octanol–water partition coefficient (Wildman–Crippen LogP) is 2.19. The van der Waals surface area contributed by atoms with Crippen molar-refractivity contribution in [1.29, 1.82) is 5.26 Å². The van der Waals surface area contributed by atoms with Crippen molar-refractivity contribution in [2.45, 2.75) is 43.7 Å². The van der Waals surface area contributed by atoms with E-state index in [1.165, 1.54) is 11.2 Å². The van der Waals surface area contributed by atoms with E-state index in [9.17, 15) is 18.8 Å². The molecular weight excluding hydrogens is 482 g/mol. The molecule has 1 atom stereocenters. The van der Waals surface area contributed by atoms with Crippen LogP contribution in [-0.4, -0.2) is 73.0 Å². The second-order valence-corrected chi connectivity index (χ2v) is 9.78. The van der Waals surface area contributed by atoms with E-state index >= 15 is 0 Å². The van der Waals surface area contributed by atoms with Crippen molar-refractivity contribution >= 4 is 23.4 Å². The van der Waals surface area contributed by atoms with Gasteiger partial charge in [0.1, 0.15) is 23.8 Å². The Morgan fingerprint density at radius 3 is 2.57 bits per heavy atom. The highest BCUT2D eigenvalue weighted by atomic mass is 19.3. The molecule has 3 aromatic rings.